The van der Waals surface area contributed by atoms with Gasteiger partial charge in [0, 0.05) is 6.42 Å². The van der Waals surface area contributed by atoms with Crippen molar-refractivity contribution in [3.8, 4) is 0 Å². The maximum Gasteiger partial charge on any atom is 0.220 e. The standard InChI is InChI=1S/C46H91NO9/c1-3-5-7-9-11-13-14-15-16-17-18-19-20-21-22-23-24-25-27-29-31-33-35-41(50)47-38(37-55-46-45(54)44(53)43(52)40(36-48)56-46)42(51)39(49)34-32-30-28-26-12-10-8-6-4-2/h38-40,42-46,48-49,51-54H,3-37H2,1-2H3,(H,47,50)/t38-,39+,40+,42-,43-,44?,45?,46+/m0/s1. The van der Waals surface area contributed by atoms with Crippen molar-refractivity contribution in [2.75, 3.05) is 13.2 Å². The van der Waals surface area contributed by atoms with Gasteiger partial charge in [-0.3, -0.25) is 4.79 Å². The van der Waals surface area contributed by atoms with Crippen molar-refractivity contribution in [2.45, 2.75) is 275 Å². The quantitative estimate of drug-likeness (QED) is 0.0299. The average Bonchev–Trinajstić information content (AvgIpc) is 3.20. The molecule has 0 aromatic rings. The highest BCUT2D eigenvalue weighted by Crippen LogP contribution is 2.23. The molecule has 1 amide bonds. The SMILES string of the molecule is CCCCCCCCCCCCCCCCCCCCCCCCC(=O)N[C@@H](CO[C@@H]1O[C@H](CO)[C@H](O)C(O)C1O)[C@H](O)[C@H](O)CCCCCCCCCCC. The van der Waals surface area contributed by atoms with Crippen molar-refractivity contribution >= 4 is 5.91 Å². The predicted octanol–water partition coefficient (Wildman–Crippen LogP) is 8.92. The molecule has 1 rings (SSSR count). The molecule has 10 heteroatoms. The molecule has 2 unspecified atom stereocenters. The van der Waals surface area contributed by atoms with E-state index in [1.807, 2.05) is 0 Å². The number of rotatable bonds is 40. The van der Waals surface area contributed by atoms with E-state index in [0.29, 0.717) is 6.42 Å². The zero-order valence-corrected chi connectivity index (χ0v) is 36.3. The third-order valence-electron chi connectivity index (χ3n) is 11.8. The molecule has 0 aromatic heterocycles. The molecule has 8 atom stereocenters. The molecule has 56 heavy (non-hydrogen) atoms. The molecular formula is C46H91NO9. The van der Waals surface area contributed by atoms with Crippen molar-refractivity contribution < 1.29 is 44.9 Å². The molecular weight excluding hydrogens is 711 g/mol. The molecule has 1 fully saturated rings. The molecule has 1 heterocycles. The molecule has 0 bridgehead atoms. The molecule has 1 aliphatic rings. The summed E-state index contributed by atoms with van der Waals surface area (Å²) in [6, 6.07) is -0.983. The van der Waals surface area contributed by atoms with Crippen molar-refractivity contribution in [3.05, 3.63) is 0 Å². The van der Waals surface area contributed by atoms with E-state index >= 15 is 0 Å². The van der Waals surface area contributed by atoms with Gasteiger partial charge in [-0.05, 0) is 12.8 Å². The van der Waals surface area contributed by atoms with E-state index in [-0.39, 0.29) is 18.9 Å². The lowest BCUT2D eigenvalue weighted by Crippen LogP contribution is -2.60. The lowest BCUT2D eigenvalue weighted by atomic mass is 9.98. The molecule has 0 spiro atoms. The highest BCUT2D eigenvalue weighted by Gasteiger charge is 2.44. The Morgan fingerprint density at radius 1 is 0.554 bits per heavy atom. The first kappa shape index (κ1) is 53.2. The minimum Gasteiger partial charge on any atom is -0.394 e. The third-order valence-corrected chi connectivity index (χ3v) is 11.8. The van der Waals surface area contributed by atoms with Crippen LogP contribution in [0.25, 0.3) is 0 Å². The second kappa shape index (κ2) is 37.2. The van der Waals surface area contributed by atoms with Gasteiger partial charge in [-0.2, -0.15) is 0 Å². The van der Waals surface area contributed by atoms with Crippen LogP contribution < -0.4 is 5.32 Å². The first-order valence-corrected chi connectivity index (χ1v) is 23.8. The molecule has 334 valence electrons. The second-order valence-electron chi connectivity index (χ2n) is 17.1. The summed E-state index contributed by atoms with van der Waals surface area (Å²) in [4.78, 5) is 13.0. The average molecular weight is 802 g/mol. The number of nitrogens with one attached hydrogen (secondary N) is 1. The molecule has 0 radical (unpaired) electrons. The normalized spacial score (nSPS) is 21.6. The molecule has 1 saturated heterocycles. The number of ether oxygens (including phenoxy) is 2. The van der Waals surface area contributed by atoms with Gasteiger partial charge in [0.25, 0.3) is 0 Å². The number of hydrogen-bond donors (Lipinski definition) is 7. The summed E-state index contributed by atoms with van der Waals surface area (Å²) in [5, 5.41) is 65.0. The van der Waals surface area contributed by atoms with Crippen LogP contribution >= 0.6 is 0 Å². The van der Waals surface area contributed by atoms with Gasteiger partial charge in [0.1, 0.15) is 30.5 Å². The van der Waals surface area contributed by atoms with E-state index in [4.69, 9.17) is 9.47 Å². The maximum absolute atomic E-state index is 13.0. The predicted molar refractivity (Wildman–Crippen MR) is 227 cm³/mol. The minimum atomic E-state index is -1.60. The molecule has 7 N–H and O–H groups in total. The van der Waals surface area contributed by atoms with E-state index in [1.165, 1.54) is 154 Å². The van der Waals surface area contributed by atoms with Gasteiger partial charge in [-0.1, -0.05) is 206 Å². The van der Waals surface area contributed by atoms with Crippen molar-refractivity contribution in [2.24, 2.45) is 0 Å². The van der Waals surface area contributed by atoms with Crippen LogP contribution in [0, 0.1) is 0 Å². The van der Waals surface area contributed by atoms with Crippen LogP contribution in [0.4, 0.5) is 0 Å². The van der Waals surface area contributed by atoms with Crippen LogP contribution in [0.2, 0.25) is 0 Å². The number of hydrogen-bond acceptors (Lipinski definition) is 9. The van der Waals surface area contributed by atoms with E-state index < -0.39 is 55.6 Å². The molecule has 0 aliphatic carbocycles. The van der Waals surface area contributed by atoms with Crippen LogP contribution in [0.5, 0.6) is 0 Å². The Morgan fingerprint density at radius 3 is 1.32 bits per heavy atom. The highest BCUT2D eigenvalue weighted by atomic mass is 16.7. The fourth-order valence-corrected chi connectivity index (χ4v) is 7.91. The van der Waals surface area contributed by atoms with Crippen LogP contribution in [0.15, 0.2) is 0 Å². The Labute approximate surface area is 343 Å². The summed E-state index contributed by atoms with van der Waals surface area (Å²) in [6.07, 6.45) is 29.9. The number of aliphatic hydroxyl groups is 6. The van der Waals surface area contributed by atoms with Crippen LogP contribution in [0.1, 0.15) is 226 Å². The highest BCUT2D eigenvalue weighted by molar-refractivity contribution is 5.76. The topological polar surface area (TPSA) is 169 Å². The Bertz CT molecular complexity index is 864. The summed E-state index contributed by atoms with van der Waals surface area (Å²) >= 11 is 0. The monoisotopic (exact) mass is 802 g/mol. The van der Waals surface area contributed by atoms with Crippen molar-refractivity contribution in [3.63, 3.8) is 0 Å². The van der Waals surface area contributed by atoms with Crippen LogP contribution in [0.3, 0.4) is 0 Å². The van der Waals surface area contributed by atoms with Crippen LogP contribution in [-0.4, -0.2) is 98.7 Å². The fraction of sp³-hybridized carbons (Fsp3) is 0.978. The Balaban J connectivity index is 2.27. The van der Waals surface area contributed by atoms with Gasteiger partial charge in [0.05, 0.1) is 25.4 Å². The number of carbonyl (C=O) groups excluding carboxylic acids is 1. The summed E-state index contributed by atoms with van der Waals surface area (Å²) < 4.78 is 11.1. The van der Waals surface area contributed by atoms with Gasteiger partial charge < -0.3 is 45.4 Å². The summed E-state index contributed by atoms with van der Waals surface area (Å²) in [6.45, 7) is 3.59. The largest absolute Gasteiger partial charge is 0.394 e. The summed E-state index contributed by atoms with van der Waals surface area (Å²) in [5.74, 6) is -0.255. The zero-order valence-electron chi connectivity index (χ0n) is 36.3. The second-order valence-corrected chi connectivity index (χ2v) is 17.1. The van der Waals surface area contributed by atoms with E-state index in [9.17, 15) is 35.4 Å². The van der Waals surface area contributed by atoms with E-state index in [0.717, 1.165) is 44.9 Å². The van der Waals surface area contributed by atoms with Crippen molar-refractivity contribution in [1.29, 1.82) is 0 Å². The number of unbranched alkanes of at least 4 members (excludes halogenated alkanes) is 29. The van der Waals surface area contributed by atoms with E-state index in [2.05, 4.69) is 19.2 Å². The fourth-order valence-electron chi connectivity index (χ4n) is 7.91. The summed E-state index contributed by atoms with van der Waals surface area (Å²) in [5.41, 5.74) is 0. The number of carbonyl (C=O) groups is 1. The lowest BCUT2D eigenvalue weighted by Gasteiger charge is -2.40. The third kappa shape index (κ3) is 27.0. The summed E-state index contributed by atoms with van der Waals surface area (Å²) in [7, 11) is 0. The van der Waals surface area contributed by atoms with Crippen molar-refractivity contribution in [1.82, 2.24) is 5.32 Å². The van der Waals surface area contributed by atoms with Gasteiger partial charge in [-0.15, -0.1) is 0 Å². The Morgan fingerprint density at radius 2 is 0.929 bits per heavy atom. The molecule has 0 aromatic carbocycles. The molecule has 1 aliphatic heterocycles. The Hall–Kier alpha value is -0.850. The first-order chi connectivity index (χ1) is 27.3. The minimum absolute atomic E-state index is 0.255. The first-order valence-electron chi connectivity index (χ1n) is 23.8. The van der Waals surface area contributed by atoms with Gasteiger partial charge in [0.15, 0.2) is 6.29 Å². The zero-order chi connectivity index (χ0) is 41.1. The lowest BCUT2D eigenvalue weighted by molar-refractivity contribution is -0.303. The van der Waals surface area contributed by atoms with E-state index in [1.54, 1.807) is 0 Å². The number of aliphatic hydroxyl groups excluding tert-OH is 6. The van der Waals surface area contributed by atoms with Crippen LogP contribution in [-0.2, 0) is 14.3 Å². The van der Waals surface area contributed by atoms with Gasteiger partial charge >= 0.3 is 0 Å². The van der Waals surface area contributed by atoms with Gasteiger partial charge in [0.2, 0.25) is 5.91 Å². The molecule has 0 saturated carbocycles. The Kier molecular flexibility index (Phi) is 35.3. The number of amides is 1. The molecule has 10 nitrogen and oxygen atoms in total. The maximum atomic E-state index is 13.0. The smallest absolute Gasteiger partial charge is 0.220 e. The van der Waals surface area contributed by atoms with Gasteiger partial charge in [-0.25, -0.2) is 0 Å².